The number of hydrogen-bond acceptors (Lipinski definition) is 3. The Morgan fingerprint density at radius 2 is 2.20 bits per heavy atom. The van der Waals surface area contributed by atoms with Crippen molar-refractivity contribution in [3.8, 4) is 6.07 Å². The first-order chi connectivity index (χ1) is 7.04. The number of benzene rings is 1. The fourth-order valence-corrected chi connectivity index (χ4v) is 1.66. The summed E-state index contributed by atoms with van der Waals surface area (Å²) in [5.41, 5.74) is 8.73. The van der Waals surface area contributed by atoms with E-state index in [1.165, 1.54) is 0 Å². The fraction of sp³-hybridized carbons (Fsp3) is 0.417. The largest absolute Gasteiger partial charge is 0.399 e. The summed E-state index contributed by atoms with van der Waals surface area (Å²) in [5, 5.41) is 8.75. The summed E-state index contributed by atoms with van der Waals surface area (Å²) in [6.07, 6.45) is 0. The Bertz CT molecular complexity index is 379. The van der Waals surface area contributed by atoms with Gasteiger partial charge in [0.2, 0.25) is 0 Å². The molecular weight excluding hydrogens is 186 g/mol. The Hall–Kier alpha value is -1.69. The number of aryl methyl sites for hydroxylation is 1. The summed E-state index contributed by atoms with van der Waals surface area (Å²) in [6, 6.07) is 8.06. The molecule has 0 aromatic heterocycles. The molecule has 0 radical (unpaired) electrons. The van der Waals surface area contributed by atoms with Crippen molar-refractivity contribution in [3.63, 3.8) is 0 Å². The second-order valence-electron chi connectivity index (χ2n) is 3.96. The van der Waals surface area contributed by atoms with Gasteiger partial charge in [-0.3, -0.25) is 0 Å². The van der Waals surface area contributed by atoms with Gasteiger partial charge in [-0.05, 0) is 37.6 Å². The molecule has 0 aliphatic rings. The van der Waals surface area contributed by atoms with Crippen LogP contribution in [0, 0.1) is 24.2 Å². The topological polar surface area (TPSA) is 53.0 Å². The molecule has 3 nitrogen and oxygen atoms in total. The first-order valence-electron chi connectivity index (χ1n) is 5.01. The van der Waals surface area contributed by atoms with Crippen molar-refractivity contribution in [2.75, 3.05) is 24.2 Å². The van der Waals surface area contributed by atoms with Crippen LogP contribution in [0.25, 0.3) is 0 Å². The molecule has 1 unspecified atom stereocenters. The Morgan fingerprint density at radius 1 is 1.53 bits per heavy atom. The van der Waals surface area contributed by atoms with Gasteiger partial charge in [-0.25, -0.2) is 0 Å². The van der Waals surface area contributed by atoms with Gasteiger partial charge in [0.15, 0.2) is 0 Å². The molecule has 0 saturated carbocycles. The van der Waals surface area contributed by atoms with E-state index in [-0.39, 0.29) is 5.92 Å². The monoisotopic (exact) mass is 203 g/mol. The van der Waals surface area contributed by atoms with E-state index in [9.17, 15) is 0 Å². The molecule has 15 heavy (non-hydrogen) atoms. The molecule has 0 fully saturated rings. The van der Waals surface area contributed by atoms with E-state index >= 15 is 0 Å². The SMILES string of the molecule is Cc1cc(N)ccc1N(C)CC(C)C#N. The minimum atomic E-state index is 0.0342. The Labute approximate surface area is 91.1 Å². The highest BCUT2D eigenvalue weighted by Crippen LogP contribution is 2.21. The zero-order valence-electron chi connectivity index (χ0n) is 9.49. The zero-order chi connectivity index (χ0) is 11.4. The number of rotatable bonds is 3. The first kappa shape index (κ1) is 11.4. The second-order valence-corrected chi connectivity index (χ2v) is 3.96. The highest BCUT2D eigenvalue weighted by molar-refractivity contribution is 5.58. The van der Waals surface area contributed by atoms with E-state index in [1.807, 2.05) is 39.1 Å². The molecule has 0 bridgehead atoms. The van der Waals surface area contributed by atoms with Crippen LogP contribution in [0.1, 0.15) is 12.5 Å². The summed E-state index contributed by atoms with van der Waals surface area (Å²) < 4.78 is 0. The van der Waals surface area contributed by atoms with Crippen molar-refractivity contribution < 1.29 is 0 Å². The third-order valence-electron chi connectivity index (χ3n) is 2.40. The number of hydrogen-bond donors (Lipinski definition) is 1. The lowest BCUT2D eigenvalue weighted by Crippen LogP contribution is -2.23. The Kier molecular flexibility index (Phi) is 3.56. The normalized spacial score (nSPS) is 11.9. The maximum Gasteiger partial charge on any atom is 0.0671 e. The van der Waals surface area contributed by atoms with E-state index in [1.54, 1.807) is 0 Å². The molecule has 0 spiro atoms. The average Bonchev–Trinajstić information content (AvgIpc) is 2.17. The molecule has 0 heterocycles. The molecule has 1 aromatic carbocycles. The fourth-order valence-electron chi connectivity index (χ4n) is 1.66. The minimum Gasteiger partial charge on any atom is -0.399 e. The summed E-state index contributed by atoms with van der Waals surface area (Å²) in [4.78, 5) is 2.09. The van der Waals surface area contributed by atoms with Gasteiger partial charge in [0.25, 0.3) is 0 Å². The quantitative estimate of drug-likeness (QED) is 0.766. The van der Waals surface area contributed by atoms with Crippen molar-refractivity contribution in [3.05, 3.63) is 23.8 Å². The lowest BCUT2D eigenvalue weighted by atomic mass is 10.1. The highest BCUT2D eigenvalue weighted by atomic mass is 15.1. The van der Waals surface area contributed by atoms with Gasteiger partial charge in [-0.2, -0.15) is 5.26 Å². The highest BCUT2D eigenvalue weighted by Gasteiger charge is 2.08. The van der Waals surface area contributed by atoms with Gasteiger partial charge >= 0.3 is 0 Å². The Morgan fingerprint density at radius 3 is 2.73 bits per heavy atom. The summed E-state index contributed by atoms with van der Waals surface area (Å²) in [6.45, 7) is 4.68. The van der Waals surface area contributed by atoms with Crippen LogP contribution in [0.3, 0.4) is 0 Å². The molecule has 3 heteroatoms. The van der Waals surface area contributed by atoms with Crippen LogP contribution in [-0.2, 0) is 0 Å². The average molecular weight is 203 g/mol. The molecule has 1 atom stereocenters. The smallest absolute Gasteiger partial charge is 0.0671 e. The Balaban J connectivity index is 2.83. The van der Waals surface area contributed by atoms with Crippen molar-refractivity contribution in [1.82, 2.24) is 0 Å². The number of anilines is 2. The second kappa shape index (κ2) is 4.70. The van der Waals surface area contributed by atoms with Gasteiger partial charge in [-0.15, -0.1) is 0 Å². The molecule has 0 amide bonds. The van der Waals surface area contributed by atoms with E-state index in [0.29, 0.717) is 0 Å². The number of nitrogen functional groups attached to an aromatic ring is 1. The van der Waals surface area contributed by atoms with E-state index in [4.69, 9.17) is 11.0 Å². The third-order valence-corrected chi connectivity index (χ3v) is 2.40. The molecule has 1 aromatic rings. The van der Waals surface area contributed by atoms with Crippen LogP contribution in [0.5, 0.6) is 0 Å². The predicted octanol–water partition coefficient (Wildman–Crippen LogP) is 2.17. The van der Waals surface area contributed by atoms with Crippen LogP contribution in [0.15, 0.2) is 18.2 Å². The minimum absolute atomic E-state index is 0.0342. The van der Waals surface area contributed by atoms with Gasteiger partial charge in [-0.1, -0.05) is 0 Å². The van der Waals surface area contributed by atoms with Crippen molar-refractivity contribution in [1.29, 1.82) is 5.26 Å². The van der Waals surface area contributed by atoms with Gasteiger partial charge in [0, 0.05) is 25.0 Å². The molecule has 0 aliphatic heterocycles. The van der Waals surface area contributed by atoms with E-state index in [0.717, 1.165) is 23.5 Å². The van der Waals surface area contributed by atoms with Crippen LogP contribution < -0.4 is 10.6 Å². The third kappa shape index (κ3) is 2.88. The summed E-state index contributed by atoms with van der Waals surface area (Å²) in [7, 11) is 1.99. The number of nitrogens with two attached hydrogens (primary N) is 1. The predicted molar refractivity (Wildman–Crippen MR) is 63.6 cm³/mol. The number of nitriles is 1. The van der Waals surface area contributed by atoms with Crippen LogP contribution >= 0.6 is 0 Å². The van der Waals surface area contributed by atoms with Crippen LogP contribution in [0.2, 0.25) is 0 Å². The standard InChI is InChI=1S/C12H17N3/c1-9(7-13)8-15(3)12-5-4-11(14)6-10(12)2/h4-6,9H,8,14H2,1-3H3. The number of nitrogens with zero attached hydrogens (tertiary/aromatic N) is 2. The maximum absolute atomic E-state index is 8.75. The molecule has 0 aliphatic carbocycles. The first-order valence-corrected chi connectivity index (χ1v) is 5.01. The van der Waals surface area contributed by atoms with Gasteiger partial charge in [0.1, 0.15) is 0 Å². The molecule has 2 N–H and O–H groups in total. The molecule has 1 rings (SSSR count). The zero-order valence-corrected chi connectivity index (χ0v) is 9.49. The van der Waals surface area contributed by atoms with Gasteiger partial charge < -0.3 is 10.6 Å². The molecule has 80 valence electrons. The molecule has 0 saturated heterocycles. The lowest BCUT2D eigenvalue weighted by Gasteiger charge is -2.22. The lowest BCUT2D eigenvalue weighted by molar-refractivity contribution is 0.715. The van der Waals surface area contributed by atoms with Crippen LogP contribution in [0.4, 0.5) is 11.4 Å². The van der Waals surface area contributed by atoms with E-state index < -0.39 is 0 Å². The summed E-state index contributed by atoms with van der Waals surface area (Å²) in [5.74, 6) is 0.0342. The van der Waals surface area contributed by atoms with E-state index in [2.05, 4.69) is 11.0 Å². The van der Waals surface area contributed by atoms with Crippen molar-refractivity contribution in [2.24, 2.45) is 5.92 Å². The summed E-state index contributed by atoms with van der Waals surface area (Å²) >= 11 is 0. The van der Waals surface area contributed by atoms with Gasteiger partial charge in [0.05, 0.1) is 12.0 Å². The molecular formula is C12H17N3. The van der Waals surface area contributed by atoms with Crippen LogP contribution in [-0.4, -0.2) is 13.6 Å². The van der Waals surface area contributed by atoms with Crippen molar-refractivity contribution >= 4 is 11.4 Å². The maximum atomic E-state index is 8.75. The van der Waals surface area contributed by atoms with Crippen molar-refractivity contribution in [2.45, 2.75) is 13.8 Å².